The Balaban J connectivity index is 1.53. The topological polar surface area (TPSA) is 50.2 Å². The van der Waals surface area contributed by atoms with E-state index in [9.17, 15) is 9.18 Å². The van der Waals surface area contributed by atoms with Gasteiger partial charge in [0.2, 0.25) is 5.91 Å². The molecular formula is C19H23FN4O. The molecule has 0 bridgehead atoms. The van der Waals surface area contributed by atoms with E-state index in [0.29, 0.717) is 19.1 Å². The lowest BCUT2D eigenvalue weighted by Crippen LogP contribution is -2.39. The quantitative estimate of drug-likeness (QED) is 0.905. The van der Waals surface area contributed by atoms with E-state index in [1.165, 1.54) is 12.1 Å². The van der Waals surface area contributed by atoms with Crippen molar-refractivity contribution < 1.29 is 9.18 Å². The van der Waals surface area contributed by atoms with E-state index in [0.717, 1.165) is 30.5 Å². The highest BCUT2D eigenvalue weighted by Gasteiger charge is 2.41. The minimum Gasteiger partial charge on any atom is -0.335 e. The highest BCUT2D eigenvalue weighted by Crippen LogP contribution is 2.34. The SMILES string of the molecule is Cn1cc([C@H]2CNC[C@@H]2C(=O)N(Cc2ccc(F)cc2)C2CC2)cn1. The molecule has 1 saturated carbocycles. The van der Waals surface area contributed by atoms with Gasteiger partial charge in [-0.2, -0.15) is 5.10 Å². The number of carbonyl (C=O) groups excluding carboxylic acids is 1. The van der Waals surface area contributed by atoms with Crippen LogP contribution in [0.2, 0.25) is 0 Å². The third kappa shape index (κ3) is 3.44. The van der Waals surface area contributed by atoms with E-state index >= 15 is 0 Å². The molecule has 2 fully saturated rings. The first kappa shape index (κ1) is 16.3. The highest BCUT2D eigenvalue weighted by atomic mass is 19.1. The Hall–Kier alpha value is -2.21. The molecule has 25 heavy (non-hydrogen) atoms. The van der Waals surface area contributed by atoms with Crippen molar-refractivity contribution in [3.05, 3.63) is 53.6 Å². The van der Waals surface area contributed by atoms with Gasteiger partial charge in [0.15, 0.2) is 0 Å². The van der Waals surface area contributed by atoms with Gasteiger partial charge in [-0.1, -0.05) is 12.1 Å². The van der Waals surface area contributed by atoms with Crippen LogP contribution in [0.3, 0.4) is 0 Å². The number of aryl methyl sites for hydroxylation is 1. The van der Waals surface area contributed by atoms with Crippen molar-refractivity contribution in [2.75, 3.05) is 13.1 Å². The predicted octanol–water partition coefficient (Wildman–Crippen LogP) is 2.05. The smallest absolute Gasteiger partial charge is 0.228 e. The van der Waals surface area contributed by atoms with E-state index in [1.54, 1.807) is 16.8 Å². The predicted molar refractivity (Wildman–Crippen MR) is 92.3 cm³/mol. The third-order valence-electron chi connectivity index (χ3n) is 5.22. The molecule has 132 valence electrons. The van der Waals surface area contributed by atoms with Crippen LogP contribution in [0.25, 0.3) is 0 Å². The Labute approximate surface area is 146 Å². The van der Waals surface area contributed by atoms with Crippen molar-refractivity contribution in [2.45, 2.75) is 31.3 Å². The zero-order valence-electron chi connectivity index (χ0n) is 14.4. The molecule has 0 radical (unpaired) electrons. The first-order valence-corrected chi connectivity index (χ1v) is 8.86. The molecule has 1 aliphatic heterocycles. The van der Waals surface area contributed by atoms with E-state index in [2.05, 4.69) is 10.4 Å². The number of nitrogens with one attached hydrogen (secondary N) is 1. The first-order valence-electron chi connectivity index (χ1n) is 8.86. The molecule has 1 saturated heterocycles. The van der Waals surface area contributed by atoms with Crippen LogP contribution in [-0.2, 0) is 18.4 Å². The average molecular weight is 342 g/mol. The van der Waals surface area contributed by atoms with E-state index in [4.69, 9.17) is 0 Å². The molecule has 2 aliphatic rings. The minimum atomic E-state index is -0.246. The molecule has 2 atom stereocenters. The molecule has 1 aromatic heterocycles. The fraction of sp³-hybridized carbons (Fsp3) is 0.474. The van der Waals surface area contributed by atoms with Gasteiger partial charge in [-0.3, -0.25) is 9.48 Å². The number of halogens is 1. The summed E-state index contributed by atoms with van der Waals surface area (Å²) in [5, 5.41) is 7.61. The first-order chi connectivity index (χ1) is 12.1. The summed E-state index contributed by atoms with van der Waals surface area (Å²) in [6.07, 6.45) is 5.98. The van der Waals surface area contributed by atoms with Crippen molar-refractivity contribution in [1.29, 1.82) is 0 Å². The van der Waals surface area contributed by atoms with E-state index in [1.807, 2.05) is 24.3 Å². The molecule has 2 heterocycles. The summed E-state index contributed by atoms with van der Waals surface area (Å²) in [5.41, 5.74) is 2.09. The van der Waals surface area contributed by atoms with Gasteiger partial charge in [-0.05, 0) is 36.1 Å². The average Bonchev–Trinajstić information content (AvgIpc) is 3.16. The van der Waals surface area contributed by atoms with Crippen LogP contribution in [0.5, 0.6) is 0 Å². The van der Waals surface area contributed by atoms with Crippen LogP contribution in [0.4, 0.5) is 4.39 Å². The molecule has 0 unspecified atom stereocenters. The second-order valence-corrected chi connectivity index (χ2v) is 7.14. The van der Waals surface area contributed by atoms with Crippen LogP contribution in [0.1, 0.15) is 29.9 Å². The standard InChI is InChI=1S/C19H23FN4O/c1-23-12-14(8-22-23)17-9-21-10-18(17)19(25)24(16-6-7-16)11-13-2-4-15(20)5-3-13/h2-5,8,12,16-18,21H,6-7,9-11H2,1H3/t17-,18+/m1/s1. The molecule has 0 spiro atoms. The summed E-state index contributed by atoms with van der Waals surface area (Å²) in [7, 11) is 1.90. The molecule has 1 aliphatic carbocycles. The molecular weight excluding hydrogens is 319 g/mol. The lowest BCUT2D eigenvalue weighted by Gasteiger charge is -2.28. The van der Waals surface area contributed by atoms with Crippen molar-refractivity contribution in [2.24, 2.45) is 13.0 Å². The summed E-state index contributed by atoms with van der Waals surface area (Å²) in [6, 6.07) is 6.78. The summed E-state index contributed by atoms with van der Waals surface area (Å²) < 4.78 is 14.9. The molecule has 6 heteroatoms. The Kier molecular flexibility index (Phi) is 4.29. The minimum absolute atomic E-state index is 0.0646. The number of benzene rings is 1. The number of nitrogens with zero attached hydrogens (tertiary/aromatic N) is 3. The summed E-state index contributed by atoms with van der Waals surface area (Å²) in [5.74, 6) is 0.0521. The summed E-state index contributed by atoms with van der Waals surface area (Å²) in [6.45, 7) is 2.06. The van der Waals surface area contributed by atoms with Crippen LogP contribution in [0.15, 0.2) is 36.7 Å². The molecule has 1 N–H and O–H groups in total. The maximum Gasteiger partial charge on any atom is 0.228 e. The lowest BCUT2D eigenvalue weighted by molar-refractivity contribution is -0.136. The van der Waals surface area contributed by atoms with E-state index in [-0.39, 0.29) is 23.6 Å². The number of hydrogen-bond acceptors (Lipinski definition) is 3. The second kappa shape index (κ2) is 6.59. The number of aromatic nitrogens is 2. The van der Waals surface area contributed by atoms with Gasteiger partial charge in [0.1, 0.15) is 5.82 Å². The van der Waals surface area contributed by atoms with Crippen molar-refractivity contribution >= 4 is 5.91 Å². The van der Waals surface area contributed by atoms with Crippen LogP contribution in [-0.4, -0.2) is 39.7 Å². The van der Waals surface area contributed by atoms with E-state index < -0.39 is 0 Å². The maximum atomic E-state index is 13.3. The van der Waals surface area contributed by atoms with Crippen molar-refractivity contribution in [1.82, 2.24) is 20.0 Å². The Morgan fingerprint density at radius 2 is 2.08 bits per heavy atom. The zero-order valence-corrected chi connectivity index (χ0v) is 14.4. The Morgan fingerprint density at radius 1 is 1.32 bits per heavy atom. The fourth-order valence-corrected chi connectivity index (χ4v) is 3.69. The monoisotopic (exact) mass is 342 g/mol. The summed E-state index contributed by atoms with van der Waals surface area (Å²) in [4.78, 5) is 15.3. The van der Waals surface area contributed by atoms with Gasteiger partial charge in [-0.15, -0.1) is 0 Å². The van der Waals surface area contributed by atoms with Gasteiger partial charge in [-0.25, -0.2) is 4.39 Å². The molecule has 2 aromatic rings. The Morgan fingerprint density at radius 3 is 2.72 bits per heavy atom. The fourth-order valence-electron chi connectivity index (χ4n) is 3.69. The van der Waals surface area contributed by atoms with Gasteiger partial charge >= 0.3 is 0 Å². The third-order valence-corrected chi connectivity index (χ3v) is 5.22. The molecule has 5 nitrogen and oxygen atoms in total. The second-order valence-electron chi connectivity index (χ2n) is 7.14. The van der Waals surface area contributed by atoms with Gasteiger partial charge < -0.3 is 10.2 Å². The number of hydrogen-bond donors (Lipinski definition) is 1. The number of rotatable bonds is 5. The van der Waals surface area contributed by atoms with Crippen molar-refractivity contribution in [3.8, 4) is 0 Å². The number of amides is 1. The number of carbonyl (C=O) groups is 1. The lowest BCUT2D eigenvalue weighted by atomic mass is 9.89. The van der Waals surface area contributed by atoms with Crippen LogP contribution < -0.4 is 5.32 Å². The van der Waals surface area contributed by atoms with Gasteiger partial charge in [0.25, 0.3) is 0 Å². The molecule has 1 aromatic carbocycles. The summed E-state index contributed by atoms with van der Waals surface area (Å²) >= 11 is 0. The molecule has 1 amide bonds. The molecule has 4 rings (SSSR count). The zero-order chi connectivity index (χ0) is 17.4. The van der Waals surface area contributed by atoms with Crippen LogP contribution in [0, 0.1) is 11.7 Å². The van der Waals surface area contributed by atoms with Crippen LogP contribution >= 0.6 is 0 Å². The largest absolute Gasteiger partial charge is 0.335 e. The highest BCUT2D eigenvalue weighted by molar-refractivity contribution is 5.81. The van der Waals surface area contributed by atoms with Gasteiger partial charge in [0.05, 0.1) is 12.1 Å². The Bertz CT molecular complexity index is 753. The maximum absolute atomic E-state index is 13.3. The van der Waals surface area contributed by atoms with Crippen molar-refractivity contribution in [3.63, 3.8) is 0 Å². The van der Waals surface area contributed by atoms with Gasteiger partial charge in [0, 0.05) is 44.8 Å². The normalized spacial score (nSPS) is 23.0.